The summed E-state index contributed by atoms with van der Waals surface area (Å²) in [7, 11) is 0. The quantitative estimate of drug-likeness (QED) is 0.566. The van der Waals surface area contributed by atoms with Crippen LogP contribution in [0.1, 0.15) is 5.56 Å². The minimum Gasteiger partial charge on any atom is -0.508 e. The highest BCUT2D eigenvalue weighted by atomic mass is 16.3. The van der Waals surface area contributed by atoms with E-state index in [1.807, 2.05) is 43.3 Å². The molecule has 0 aliphatic heterocycles. The summed E-state index contributed by atoms with van der Waals surface area (Å²) in [5, 5.41) is 16.9. The predicted octanol–water partition coefficient (Wildman–Crippen LogP) is 2.86. The number of hydrogen-bond donors (Lipinski definition) is 2. The second-order valence-corrected chi connectivity index (χ2v) is 5.33. The zero-order valence-corrected chi connectivity index (χ0v) is 11.9. The predicted molar refractivity (Wildman–Crippen MR) is 85.2 cm³/mol. The number of fused-ring (bicyclic) bond motifs is 3. The maximum atomic E-state index is 12.0. The van der Waals surface area contributed by atoms with Crippen molar-refractivity contribution in [3.63, 3.8) is 0 Å². The number of H-pyrrole nitrogens is 1. The van der Waals surface area contributed by atoms with Crippen LogP contribution in [0, 0.1) is 6.92 Å². The number of rotatable bonds is 1. The Bertz CT molecular complexity index is 1060. The Hall–Kier alpha value is -3.08. The number of phenolic OH excluding ortho intramolecular Hbond substituents is 1. The SMILES string of the molecule is Cc1cc2n[nH]c(=O)n2c2cc(-c3ccc(O)cc3)ccc12. The van der Waals surface area contributed by atoms with Crippen molar-refractivity contribution in [3.8, 4) is 16.9 Å². The molecule has 0 spiro atoms. The van der Waals surface area contributed by atoms with Gasteiger partial charge in [-0.1, -0.05) is 24.3 Å². The topological polar surface area (TPSA) is 70.4 Å². The Morgan fingerprint density at radius 1 is 1.05 bits per heavy atom. The highest BCUT2D eigenvalue weighted by molar-refractivity contribution is 5.89. The summed E-state index contributed by atoms with van der Waals surface area (Å²) >= 11 is 0. The van der Waals surface area contributed by atoms with E-state index in [0.29, 0.717) is 5.65 Å². The van der Waals surface area contributed by atoms with E-state index in [4.69, 9.17) is 0 Å². The molecule has 2 heterocycles. The number of aromatic amines is 1. The average molecular weight is 291 g/mol. The fourth-order valence-corrected chi connectivity index (χ4v) is 2.79. The van der Waals surface area contributed by atoms with Gasteiger partial charge in [0.25, 0.3) is 0 Å². The Balaban J connectivity index is 2.07. The van der Waals surface area contributed by atoms with Crippen LogP contribution in [0.2, 0.25) is 0 Å². The molecule has 2 aromatic heterocycles. The Morgan fingerprint density at radius 3 is 2.55 bits per heavy atom. The van der Waals surface area contributed by atoms with Crippen LogP contribution in [0.25, 0.3) is 27.7 Å². The van der Waals surface area contributed by atoms with Crippen LogP contribution in [0.5, 0.6) is 5.75 Å². The molecule has 2 aromatic carbocycles. The number of nitrogens with zero attached hydrogens (tertiary/aromatic N) is 2. The standard InChI is InChI=1S/C17H13N3O2/c1-10-8-16-18-19-17(22)20(16)15-9-12(4-7-14(10)15)11-2-5-13(21)6-3-11/h2-9,21H,1H3,(H,19,22). The van der Waals surface area contributed by atoms with Crippen LogP contribution >= 0.6 is 0 Å². The molecule has 0 atom stereocenters. The fraction of sp³-hybridized carbons (Fsp3) is 0.0588. The van der Waals surface area contributed by atoms with Gasteiger partial charge in [-0.05, 0) is 47.9 Å². The highest BCUT2D eigenvalue weighted by Crippen LogP contribution is 2.27. The lowest BCUT2D eigenvalue weighted by Gasteiger charge is -2.08. The maximum absolute atomic E-state index is 12.0. The summed E-state index contributed by atoms with van der Waals surface area (Å²) in [5.74, 6) is 0.230. The van der Waals surface area contributed by atoms with E-state index in [-0.39, 0.29) is 11.4 Å². The number of aromatic nitrogens is 3. The van der Waals surface area contributed by atoms with Gasteiger partial charge >= 0.3 is 5.69 Å². The van der Waals surface area contributed by atoms with E-state index < -0.39 is 0 Å². The summed E-state index contributed by atoms with van der Waals surface area (Å²) in [4.78, 5) is 12.0. The van der Waals surface area contributed by atoms with E-state index in [1.54, 1.807) is 16.5 Å². The largest absolute Gasteiger partial charge is 0.508 e. The van der Waals surface area contributed by atoms with Crippen LogP contribution in [-0.4, -0.2) is 19.7 Å². The number of aromatic hydroxyl groups is 1. The minimum absolute atomic E-state index is 0.230. The third kappa shape index (κ3) is 1.79. The summed E-state index contributed by atoms with van der Waals surface area (Å²) < 4.78 is 1.58. The number of pyridine rings is 1. The molecule has 0 radical (unpaired) electrons. The van der Waals surface area contributed by atoms with Gasteiger partial charge in [0.05, 0.1) is 5.52 Å². The van der Waals surface area contributed by atoms with Gasteiger partial charge in [-0.25, -0.2) is 14.3 Å². The molecule has 0 saturated carbocycles. The summed E-state index contributed by atoms with van der Waals surface area (Å²) in [5.41, 5.74) is 4.21. The lowest BCUT2D eigenvalue weighted by molar-refractivity contribution is 0.475. The summed E-state index contributed by atoms with van der Waals surface area (Å²) in [6.07, 6.45) is 0. The molecule has 0 saturated heterocycles. The second-order valence-electron chi connectivity index (χ2n) is 5.33. The number of nitrogens with one attached hydrogen (secondary N) is 1. The van der Waals surface area contributed by atoms with Crippen LogP contribution in [0.3, 0.4) is 0 Å². The molecule has 0 amide bonds. The molecule has 5 heteroatoms. The number of aryl methyl sites for hydroxylation is 1. The molecule has 108 valence electrons. The van der Waals surface area contributed by atoms with Gasteiger partial charge in [-0.15, -0.1) is 0 Å². The fourth-order valence-electron chi connectivity index (χ4n) is 2.79. The molecule has 0 aliphatic carbocycles. The molecular formula is C17H13N3O2. The van der Waals surface area contributed by atoms with Gasteiger partial charge in [-0.2, -0.15) is 5.10 Å². The molecule has 5 nitrogen and oxygen atoms in total. The van der Waals surface area contributed by atoms with Crippen molar-refractivity contribution in [2.45, 2.75) is 6.92 Å². The molecule has 22 heavy (non-hydrogen) atoms. The van der Waals surface area contributed by atoms with Crippen LogP contribution in [0.4, 0.5) is 0 Å². The van der Waals surface area contributed by atoms with Gasteiger partial charge in [0.1, 0.15) is 5.75 Å². The zero-order chi connectivity index (χ0) is 15.3. The van der Waals surface area contributed by atoms with Gasteiger partial charge in [0.15, 0.2) is 5.65 Å². The molecule has 0 bridgehead atoms. The average Bonchev–Trinajstić information content (AvgIpc) is 2.89. The minimum atomic E-state index is -0.247. The number of phenols is 1. The van der Waals surface area contributed by atoms with Gasteiger partial charge in [0.2, 0.25) is 0 Å². The van der Waals surface area contributed by atoms with E-state index in [1.165, 1.54) is 0 Å². The Labute approximate surface area is 125 Å². The molecule has 2 N–H and O–H groups in total. The van der Waals surface area contributed by atoms with E-state index in [2.05, 4.69) is 10.2 Å². The highest BCUT2D eigenvalue weighted by Gasteiger charge is 2.09. The molecule has 0 aliphatic rings. The van der Waals surface area contributed by atoms with Crippen LogP contribution in [-0.2, 0) is 0 Å². The Morgan fingerprint density at radius 2 is 1.77 bits per heavy atom. The van der Waals surface area contributed by atoms with Gasteiger partial charge in [0, 0.05) is 5.39 Å². The van der Waals surface area contributed by atoms with Crippen molar-refractivity contribution in [3.05, 3.63) is 64.6 Å². The lowest BCUT2D eigenvalue weighted by Crippen LogP contribution is -2.10. The van der Waals surface area contributed by atoms with Crippen LogP contribution in [0.15, 0.2) is 53.3 Å². The lowest BCUT2D eigenvalue weighted by atomic mass is 10.0. The van der Waals surface area contributed by atoms with Crippen molar-refractivity contribution in [2.24, 2.45) is 0 Å². The molecule has 4 rings (SSSR count). The summed E-state index contributed by atoms with van der Waals surface area (Å²) in [6, 6.07) is 14.9. The third-order valence-corrected chi connectivity index (χ3v) is 3.91. The molecule has 4 aromatic rings. The smallest absolute Gasteiger partial charge is 0.348 e. The van der Waals surface area contributed by atoms with E-state index >= 15 is 0 Å². The molecule has 0 fully saturated rings. The molecule has 0 unspecified atom stereocenters. The first-order valence-corrected chi connectivity index (χ1v) is 6.93. The monoisotopic (exact) mass is 291 g/mol. The third-order valence-electron chi connectivity index (χ3n) is 3.91. The number of hydrogen-bond acceptors (Lipinski definition) is 3. The van der Waals surface area contributed by atoms with Crippen LogP contribution < -0.4 is 5.69 Å². The first-order chi connectivity index (χ1) is 10.6. The number of benzene rings is 2. The zero-order valence-electron chi connectivity index (χ0n) is 11.9. The van der Waals surface area contributed by atoms with Crippen molar-refractivity contribution < 1.29 is 5.11 Å². The van der Waals surface area contributed by atoms with Crippen molar-refractivity contribution in [2.75, 3.05) is 0 Å². The summed E-state index contributed by atoms with van der Waals surface area (Å²) in [6.45, 7) is 2.00. The maximum Gasteiger partial charge on any atom is 0.348 e. The first kappa shape index (κ1) is 12.6. The van der Waals surface area contributed by atoms with Crippen molar-refractivity contribution >= 4 is 16.6 Å². The van der Waals surface area contributed by atoms with Gasteiger partial charge < -0.3 is 5.11 Å². The van der Waals surface area contributed by atoms with Crippen molar-refractivity contribution in [1.29, 1.82) is 0 Å². The van der Waals surface area contributed by atoms with E-state index in [9.17, 15) is 9.90 Å². The first-order valence-electron chi connectivity index (χ1n) is 6.93. The molecular weight excluding hydrogens is 278 g/mol. The van der Waals surface area contributed by atoms with E-state index in [0.717, 1.165) is 27.6 Å². The Kier molecular flexibility index (Phi) is 2.56. The van der Waals surface area contributed by atoms with Gasteiger partial charge in [-0.3, -0.25) is 0 Å². The van der Waals surface area contributed by atoms with Crippen molar-refractivity contribution in [1.82, 2.24) is 14.6 Å². The normalized spacial score (nSPS) is 11.3. The second kappa shape index (κ2) is 4.46.